The maximum absolute atomic E-state index is 12.0. The molecule has 94 valence electrons. The molecule has 0 aromatic heterocycles. The van der Waals surface area contributed by atoms with Crippen LogP contribution in [0.1, 0.15) is 37.0 Å². The fourth-order valence-corrected chi connectivity index (χ4v) is 1.88. The first-order valence-electron chi connectivity index (χ1n) is 6.38. The van der Waals surface area contributed by atoms with Crippen LogP contribution in [0.25, 0.3) is 0 Å². The van der Waals surface area contributed by atoms with Gasteiger partial charge < -0.3 is 10.2 Å². The van der Waals surface area contributed by atoms with Crippen LogP contribution in [-0.4, -0.2) is 30.9 Å². The van der Waals surface area contributed by atoms with E-state index >= 15 is 0 Å². The largest absolute Gasteiger partial charge is 0.388 e. The van der Waals surface area contributed by atoms with E-state index in [2.05, 4.69) is 5.32 Å². The Balaban J connectivity index is 0.000000686. The SMILES string of the molecule is CC.CNc1ccc(C(=O)N2CCCC2)cc1. The molecule has 1 aromatic rings. The number of anilines is 1. The fourth-order valence-electron chi connectivity index (χ4n) is 1.88. The van der Waals surface area contributed by atoms with Gasteiger partial charge in [-0.3, -0.25) is 4.79 Å². The van der Waals surface area contributed by atoms with Gasteiger partial charge in [0.05, 0.1) is 0 Å². The van der Waals surface area contributed by atoms with Crippen molar-refractivity contribution in [3.63, 3.8) is 0 Å². The molecule has 1 aliphatic heterocycles. The average Bonchev–Trinajstić information content (AvgIpc) is 2.94. The summed E-state index contributed by atoms with van der Waals surface area (Å²) in [6.07, 6.45) is 2.28. The van der Waals surface area contributed by atoms with Gasteiger partial charge in [0.15, 0.2) is 0 Å². The third-order valence-corrected chi connectivity index (χ3v) is 2.81. The molecule has 0 atom stereocenters. The summed E-state index contributed by atoms with van der Waals surface area (Å²) in [6.45, 7) is 5.82. The quantitative estimate of drug-likeness (QED) is 0.853. The minimum absolute atomic E-state index is 0.162. The van der Waals surface area contributed by atoms with Crippen LogP contribution in [0.5, 0.6) is 0 Å². The van der Waals surface area contributed by atoms with Gasteiger partial charge >= 0.3 is 0 Å². The van der Waals surface area contributed by atoms with Crippen molar-refractivity contribution in [1.82, 2.24) is 4.90 Å². The first-order chi connectivity index (χ1) is 8.31. The topological polar surface area (TPSA) is 32.3 Å². The molecule has 0 bridgehead atoms. The predicted octanol–water partition coefficient (Wildman–Crippen LogP) is 2.99. The lowest BCUT2D eigenvalue weighted by Crippen LogP contribution is -2.27. The molecule has 0 saturated carbocycles. The fraction of sp³-hybridized carbons (Fsp3) is 0.500. The third-order valence-electron chi connectivity index (χ3n) is 2.81. The maximum atomic E-state index is 12.0. The van der Waals surface area contributed by atoms with Gasteiger partial charge in [0.2, 0.25) is 0 Å². The number of hydrogen-bond acceptors (Lipinski definition) is 2. The van der Waals surface area contributed by atoms with Crippen molar-refractivity contribution >= 4 is 11.6 Å². The van der Waals surface area contributed by atoms with Crippen molar-refractivity contribution in [2.24, 2.45) is 0 Å². The van der Waals surface area contributed by atoms with E-state index in [0.717, 1.165) is 37.2 Å². The summed E-state index contributed by atoms with van der Waals surface area (Å²) in [6, 6.07) is 7.63. The van der Waals surface area contributed by atoms with Crippen molar-refractivity contribution in [3.8, 4) is 0 Å². The third kappa shape index (κ3) is 3.48. The van der Waals surface area contributed by atoms with Crippen molar-refractivity contribution < 1.29 is 4.79 Å². The molecule has 1 saturated heterocycles. The van der Waals surface area contributed by atoms with Gasteiger partial charge in [-0.05, 0) is 37.1 Å². The van der Waals surface area contributed by atoms with Gasteiger partial charge in [-0.2, -0.15) is 0 Å². The molecular formula is C14H22N2O. The Hall–Kier alpha value is -1.51. The molecule has 3 nitrogen and oxygen atoms in total. The van der Waals surface area contributed by atoms with Gasteiger partial charge in [0, 0.05) is 31.4 Å². The normalized spacial score (nSPS) is 13.9. The van der Waals surface area contributed by atoms with Crippen LogP contribution in [-0.2, 0) is 0 Å². The zero-order chi connectivity index (χ0) is 12.7. The van der Waals surface area contributed by atoms with Gasteiger partial charge in [-0.15, -0.1) is 0 Å². The van der Waals surface area contributed by atoms with E-state index in [4.69, 9.17) is 0 Å². The Bertz CT molecular complexity index is 340. The summed E-state index contributed by atoms with van der Waals surface area (Å²) in [7, 11) is 1.87. The highest BCUT2D eigenvalue weighted by Gasteiger charge is 2.18. The second-order valence-corrected chi connectivity index (χ2v) is 3.83. The summed E-state index contributed by atoms with van der Waals surface area (Å²) in [5.74, 6) is 0.162. The lowest BCUT2D eigenvalue weighted by molar-refractivity contribution is 0.0793. The van der Waals surface area contributed by atoms with Crippen molar-refractivity contribution in [2.45, 2.75) is 26.7 Å². The molecule has 1 aromatic carbocycles. The molecule has 17 heavy (non-hydrogen) atoms. The van der Waals surface area contributed by atoms with Crippen molar-refractivity contribution in [2.75, 3.05) is 25.5 Å². The minimum atomic E-state index is 0.162. The van der Waals surface area contributed by atoms with Gasteiger partial charge in [-0.25, -0.2) is 0 Å². The van der Waals surface area contributed by atoms with Crippen LogP contribution in [0.3, 0.4) is 0 Å². The molecule has 0 spiro atoms. The Morgan fingerprint density at radius 3 is 2.12 bits per heavy atom. The monoisotopic (exact) mass is 234 g/mol. The van der Waals surface area contributed by atoms with E-state index in [0.29, 0.717) is 0 Å². The number of amides is 1. The van der Waals surface area contributed by atoms with Crippen LogP contribution in [0, 0.1) is 0 Å². The first kappa shape index (κ1) is 13.6. The molecule has 3 heteroatoms. The lowest BCUT2D eigenvalue weighted by atomic mass is 10.2. The highest BCUT2D eigenvalue weighted by Crippen LogP contribution is 2.14. The molecule has 0 aliphatic carbocycles. The lowest BCUT2D eigenvalue weighted by Gasteiger charge is -2.15. The first-order valence-corrected chi connectivity index (χ1v) is 6.38. The molecule has 1 aliphatic rings. The summed E-state index contributed by atoms with van der Waals surface area (Å²) in [4.78, 5) is 13.9. The molecule has 0 unspecified atom stereocenters. The number of carbonyl (C=O) groups is 1. The summed E-state index contributed by atoms with van der Waals surface area (Å²) < 4.78 is 0. The second kappa shape index (κ2) is 6.94. The van der Waals surface area contributed by atoms with Gasteiger partial charge in [-0.1, -0.05) is 13.8 Å². The van der Waals surface area contributed by atoms with Crippen LogP contribution in [0.15, 0.2) is 24.3 Å². The number of nitrogens with zero attached hydrogens (tertiary/aromatic N) is 1. The van der Waals surface area contributed by atoms with E-state index in [-0.39, 0.29) is 5.91 Å². The van der Waals surface area contributed by atoms with E-state index < -0.39 is 0 Å². The van der Waals surface area contributed by atoms with Gasteiger partial charge in [0.1, 0.15) is 0 Å². The average molecular weight is 234 g/mol. The van der Waals surface area contributed by atoms with Crippen LogP contribution in [0.2, 0.25) is 0 Å². The zero-order valence-electron chi connectivity index (χ0n) is 11.0. The Labute approximate surface area is 104 Å². The number of carbonyl (C=O) groups excluding carboxylic acids is 1. The maximum Gasteiger partial charge on any atom is 0.253 e. The van der Waals surface area contributed by atoms with Crippen molar-refractivity contribution in [3.05, 3.63) is 29.8 Å². The highest BCUT2D eigenvalue weighted by atomic mass is 16.2. The second-order valence-electron chi connectivity index (χ2n) is 3.83. The smallest absolute Gasteiger partial charge is 0.253 e. The number of hydrogen-bond donors (Lipinski definition) is 1. The standard InChI is InChI=1S/C12H16N2O.C2H6/c1-13-11-6-4-10(5-7-11)12(15)14-8-2-3-9-14;1-2/h4-7,13H,2-3,8-9H2,1H3;1-2H3. The number of likely N-dealkylation sites (tertiary alicyclic amines) is 1. The Morgan fingerprint density at radius 1 is 1.12 bits per heavy atom. The van der Waals surface area contributed by atoms with Crippen LogP contribution >= 0.6 is 0 Å². The number of rotatable bonds is 2. The number of benzene rings is 1. The Kier molecular flexibility index (Phi) is 5.53. The molecule has 1 heterocycles. The predicted molar refractivity (Wildman–Crippen MR) is 72.5 cm³/mol. The molecule has 1 N–H and O–H groups in total. The molecule has 0 radical (unpaired) electrons. The molecular weight excluding hydrogens is 212 g/mol. The van der Waals surface area contributed by atoms with E-state index in [1.807, 2.05) is 50.1 Å². The van der Waals surface area contributed by atoms with Crippen LogP contribution < -0.4 is 5.32 Å². The van der Waals surface area contributed by atoms with Crippen molar-refractivity contribution in [1.29, 1.82) is 0 Å². The molecule has 1 fully saturated rings. The van der Waals surface area contributed by atoms with E-state index in [1.54, 1.807) is 0 Å². The highest BCUT2D eigenvalue weighted by molar-refractivity contribution is 5.94. The molecule has 1 amide bonds. The molecule has 2 rings (SSSR count). The van der Waals surface area contributed by atoms with E-state index in [1.165, 1.54) is 0 Å². The van der Waals surface area contributed by atoms with E-state index in [9.17, 15) is 4.79 Å². The van der Waals surface area contributed by atoms with Crippen LogP contribution in [0.4, 0.5) is 5.69 Å². The summed E-state index contributed by atoms with van der Waals surface area (Å²) >= 11 is 0. The summed E-state index contributed by atoms with van der Waals surface area (Å²) in [5, 5.41) is 3.04. The Morgan fingerprint density at radius 2 is 1.65 bits per heavy atom. The number of nitrogens with one attached hydrogen (secondary N) is 1. The minimum Gasteiger partial charge on any atom is -0.388 e. The summed E-state index contributed by atoms with van der Waals surface area (Å²) in [5.41, 5.74) is 1.82. The zero-order valence-corrected chi connectivity index (χ0v) is 11.0. The van der Waals surface area contributed by atoms with Gasteiger partial charge in [0.25, 0.3) is 5.91 Å².